The molecule has 3 N–H and O–H groups in total. The van der Waals surface area contributed by atoms with Gasteiger partial charge in [0, 0.05) is 4.47 Å². The molecule has 0 aliphatic heterocycles. The minimum absolute atomic E-state index is 0.0387. The first-order valence-electron chi connectivity index (χ1n) is 13.6. The maximum absolute atomic E-state index is 13.8. The second-order valence-corrected chi connectivity index (χ2v) is 10.8. The van der Waals surface area contributed by atoms with Gasteiger partial charge in [0.2, 0.25) is 5.91 Å². The number of carbonyl (C=O) groups excluding carboxylic acids is 1. The van der Waals surface area contributed by atoms with Crippen molar-refractivity contribution in [2.75, 3.05) is 6.54 Å². The monoisotopic (exact) mass is 594 g/mol. The molecule has 3 atom stereocenters. The van der Waals surface area contributed by atoms with E-state index in [2.05, 4.69) is 88.7 Å². The summed E-state index contributed by atoms with van der Waals surface area (Å²) < 4.78 is 0.935. The third-order valence-corrected chi connectivity index (χ3v) is 7.79. The number of benzene rings is 4. The SMILES string of the molecule is CC[C@@H](C)[C@H](NC(c1ccccc1)(c1ccccc1)c1ccccc1)C(=O)NCC#CC(O)c1ccc(Br)cc1. The summed E-state index contributed by atoms with van der Waals surface area (Å²) in [6.07, 6.45) is -0.108. The van der Waals surface area contributed by atoms with Crippen LogP contribution in [0.3, 0.4) is 0 Å². The van der Waals surface area contributed by atoms with E-state index in [0.717, 1.165) is 27.6 Å². The van der Waals surface area contributed by atoms with Gasteiger partial charge < -0.3 is 10.4 Å². The fraction of sp³-hybridized carbons (Fsp3) is 0.229. The fourth-order valence-corrected chi connectivity index (χ4v) is 5.13. The molecule has 0 heterocycles. The minimum Gasteiger partial charge on any atom is -0.376 e. The van der Waals surface area contributed by atoms with Gasteiger partial charge >= 0.3 is 0 Å². The molecule has 1 amide bonds. The number of amides is 1. The second-order valence-electron chi connectivity index (χ2n) is 9.85. The highest BCUT2D eigenvalue weighted by atomic mass is 79.9. The van der Waals surface area contributed by atoms with Gasteiger partial charge in [-0.3, -0.25) is 10.1 Å². The molecule has 0 aromatic heterocycles. The van der Waals surface area contributed by atoms with Crippen LogP contribution in [0.4, 0.5) is 0 Å². The van der Waals surface area contributed by atoms with Gasteiger partial charge in [0.1, 0.15) is 6.10 Å². The molecular formula is C35H35BrN2O2. The number of carbonyl (C=O) groups is 1. The Bertz CT molecular complexity index is 1320. The Morgan fingerprint density at radius 3 is 1.75 bits per heavy atom. The zero-order valence-corrected chi connectivity index (χ0v) is 24.4. The summed E-state index contributed by atoms with van der Waals surface area (Å²) in [5, 5.41) is 17.3. The molecule has 204 valence electrons. The third kappa shape index (κ3) is 6.89. The van der Waals surface area contributed by atoms with Crippen LogP contribution in [0.25, 0.3) is 0 Å². The number of aliphatic hydroxyl groups excluding tert-OH is 1. The molecule has 0 aliphatic carbocycles. The average Bonchev–Trinajstić information content (AvgIpc) is 3.01. The lowest BCUT2D eigenvalue weighted by Gasteiger charge is -2.41. The summed E-state index contributed by atoms with van der Waals surface area (Å²) in [7, 11) is 0. The molecule has 4 aromatic rings. The van der Waals surface area contributed by atoms with Crippen molar-refractivity contribution in [2.45, 2.75) is 38.0 Å². The van der Waals surface area contributed by atoms with E-state index in [1.807, 2.05) is 78.9 Å². The fourth-order valence-electron chi connectivity index (χ4n) is 4.87. The summed E-state index contributed by atoms with van der Waals surface area (Å²) >= 11 is 3.40. The van der Waals surface area contributed by atoms with Crippen LogP contribution in [0.2, 0.25) is 0 Å². The Morgan fingerprint density at radius 1 is 0.825 bits per heavy atom. The second kappa shape index (κ2) is 14.1. The molecule has 0 aliphatic rings. The first-order valence-corrected chi connectivity index (χ1v) is 14.4. The Labute approximate surface area is 246 Å². The number of halogens is 1. The predicted molar refractivity (Wildman–Crippen MR) is 165 cm³/mol. The molecule has 4 rings (SSSR count). The van der Waals surface area contributed by atoms with E-state index in [1.54, 1.807) is 0 Å². The molecule has 40 heavy (non-hydrogen) atoms. The quantitative estimate of drug-likeness (QED) is 0.143. The first-order chi connectivity index (χ1) is 19.5. The predicted octanol–water partition coefficient (Wildman–Crippen LogP) is 6.60. The van der Waals surface area contributed by atoms with Crippen molar-refractivity contribution >= 4 is 21.8 Å². The van der Waals surface area contributed by atoms with Crippen LogP contribution < -0.4 is 10.6 Å². The van der Waals surface area contributed by atoms with Gasteiger partial charge in [0.05, 0.1) is 18.1 Å². The summed E-state index contributed by atoms with van der Waals surface area (Å²) in [6, 6.07) is 37.7. The van der Waals surface area contributed by atoms with Crippen LogP contribution >= 0.6 is 15.9 Å². The lowest BCUT2D eigenvalue weighted by Crippen LogP contribution is -2.57. The Morgan fingerprint density at radius 2 is 1.30 bits per heavy atom. The molecule has 0 fully saturated rings. The van der Waals surface area contributed by atoms with E-state index in [9.17, 15) is 9.90 Å². The zero-order chi connectivity index (χ0) is 28.4. The van der Waals surface area contributed by atoms with Gasteiger partial charge in [0.15, 0.2) is 0 Å². The third-order valence-electron chi connectivity index (χ3n) is 7.26. The molecule has 0 saturated carbocycles. The number of hydrogen-bond donors (Lipinski definition) is 3. The number of hydrogen-bond acceptors (Lipinski definition) is 3. The summed E-state index contributed by atoms with van der Waals surface area (Å²) in [6.45, 7) is 4.32. The van der Waals surface area contributed by atoms with Crippen LogP contribution in [0, 0.1) is 17.8 Å². The molecule has 1 unspecified atom stereocenters. The van der Waals surface area contributed by atoms with Crippen molar-refractivity contribution in [1.82, 2.24) is 10.6 Å². The molecule has 0 bridgehead atoms. The Balaban J connectivity index is 1.66. The molecule has 0 radical (unpaired) electrons. The summed E-state index contributed by atoms with van der Waals surface area (Å²) in [5.41, 5.74) is 3.08. The minimum atomic E-state index is -0.921. The lowest BCUT2D eigenvalue weighted by molar-refractivity contribution is -0.124. The van der Waals surface area contributed by atoms with Gasteiger partial charge in [-0.2, -0.15) is 0 Å². The van der Waals surface area contributed by atoms with Crippen LogP contribution in [0.5, 0.6) is 0 Å². The topological polar surface area (TPSA) is 61.4 Å². The van der Waals surface area contributed by atoms with Gasteiger partial charge in [-0.15, -0.1) is 0 Å². The number of aliphatic hydroxyl groups is 1. The van der Waals surface area contributed by atoms with Crippen molar-refractivity contribution in [3.05, 3.63) is 142 Å². The number of rotatable bonds is 10. The normalized spacial score (nSPS) is 13.4. The molecule has 4 aromatic carbocycles. The zero-order valence-electron chi connectivity index (χ0n) is 22.8. The Hall–Kier alpha value is -3.69. The maximum atomic E-state index is 13.8. The summed E-state index contributed by atoms with van der Waals surface area (Å²) in [4.78, 5) is 13.8. The van der Waals surface area contributed by atoms with Gasteiger partial charge in [-0.25, -0.2) is 0 Å². The highest BCUT2D eigenvalue weighted by Crippen LogP contribution is 2.38. The highest BCUT2D eigenvalue weighted by Gasteiger charge is 2.40. The summed E-state index contributed by atoms with van der Waals surface area (Å²) in [5.74, 6) is 5.67. The van der Waals surface area contributed by atoms with E-state index >= 15 is 0 Å². The van der Waals surface area contributed by atoms with Crippen molar-refractivity contribution in [3.63, 3.8) is 0 Å². The first kappa shape index (κ1) is 29.3. The molecule has 4 nitrogen and oxygen atoms in total. The van der Waals surface area contributed by atoms with Crippen molar-refractivity contribution < 1.29 is 9.90 Å². The van der Waals surface area contributed by atoms with Crippen molar-refractivity contribution in [1.29, 1.82) is 0 Å². The van der Waals surface area contributed by atoms with E-state index in [1.165, 1.54) is 0 Å². The molecule has 0 saturated heterocycles. The standard InChI is InChI=1S/C35H35BrN2O2/c1-3-26(2)33(34(40)37-25-13-20-32(39)27-21-23-31(36)24-22-27)38-35(28-14-7-4-8-15-28,29-16-9-5-10-17-29)30-18-11-6-12-19-30/h4-12,14-19,21-24,26,32-33,38-39H,3,25H2,1-2H3,(H,37,40)/t26-,32?,33+/m1/s1. The van der Waals surface area contributed by atoms with E-state index < -0.39 is 17.7 Å². The lowest BCUT2D eigenvalue weighted by atomic mass is 9.75. The largest absolute Gasteiger partial charge is 0.376 e. The highest BCUT2D eigenvalue weighted by molar-refractivity contribution is 9.10. The van der Waals surface area contributed by atoms with Crippen LogP contribution in [0.1, 0.15) is 48.6 Å². The van der Waals surface area contributed by atoms with Gasteiger partial charge in [-0.1, -0.05) is 151 Å². The van der Waals surface area contributed by atoms with Crippen molar-refractivity contribution in [2.24, 2.45) is 5.92 Å². The Kier molecular flexibility index (Phi) is 10.3. The molecule has 5 heteroatoms. The van der Waals surface area contributed by atoms with Crippen LogP contribution in [-0.2, 0) is 10.3 Å². The van der Waals surface area contributed by atoms with Gasteiger partial charge in [-0.05, 0) is 40.3 Å². The van der Waals surface area contributed by atoms with Crippen LogP contribution in [0.15, 0.2) is 120 Å². The van der Waals surface area contributed by atoms with Crippen LogP contribution in [-0.4, -0.2) is 23.6 Å². The average molecular weight is 596 g/mol. The molecular weight excluding hydrogens is 560 g/mol. The molecule has 0 spiro atoms. The van der Waals surface area contributed by atoms with Gasteiger partial charge in [0.25, 0.3) is 0 Å². The smallest absolute Gasteiger partial charge is 0.238 e. The van der Waals surface area contributed by atoms with Crippen molar-refractivity contribution in [3.8, 4) is 11.8 Å². The number of nitrogens with one attached hydrogen (secondary N) is 2. The van der Waals surface area contributed by atoms with E-state index in [-0.39, 0.29) is 18.4 Å². The van der Waals surface area contributed by atoms with E-state index in [0.29, 0.717) is 5.56 Å². The maximum Gasteiger partial charge on any atom is 0.238 e. The van der Waals surface area contributed by atoms with E-state index in [4.69, 9.17) is 0 Å².